The number of carboxylic acid groups (broad SMARTS) is 1. The molecular weight excluding hydrogens is 274 g/mol. The molecule has 0 aliphatic heterocycles. The van der Waals surface area contributed by atoms with Crippen molar-refractivity contribution in [3.8, 4) is 0 Å². The van der Waals surface area contributed by atoms with Gasteiger partial charge < -0.3 is 5.11 Å². The highest BCUT2D eigenvalue weighted by atomic mass is 32.2. The molecule has 1 heterocycles. The van der Waals surface area contributed by atoms with Crippen LogP contribution in [0, 0.1) is 5.92 Å². The monoisotopic (exact) mass is 291 g/mol. The van der Waals surface area contributed by atoms with Crippen LogP contribution < -0.4 is 0 Å². The Morgan fingerprint density at radius 2 is 2.22 bits per heavy atom. The zero-order valence-electron chi connectivity index (χ0n) is 10.4. The number of thiophene rings is 1. The molecule has 0 saturated heterocycles. The van der Waals surface area contributed by atoms with Gasteiger partial charge in [-0.2, -0.15) is 4.31 Å². The lowest BCUT2D eigenvalue weighted by Crippen LogP contribution is -2.37. The Morgan fingerprint density at radius 1 is 1.56 bits per heavy atom. The molecule has 0 fully saturated rings. The second-order valence-electron chi connectivity index (χ2n) is 4.03. The maximum absolute atomic E-state index is 12.3. The third kappa shape index (κ3) is 3.54. The van der Waals surface area contributed by atoms with Crippen LogP contribution in [0.25, 0.3) is 0 Å². The van der Waals surface area contributed by atoms with Gasteiger partial charge in [-0.05, 0) is 17.9 Å². The van der Waals surface area contributed by atoms with Gasteiger partial charge in [0, 0.05) is 13.1 Å². The molecule has 5 nitrogen and oxygen atoms in total. The third-order valence-corrected chi connectivity index (χ3v) is 5.70. The number of aliphatic carboxylic acids is 1. The minimum absolute atomic E-state index is 0.00338. The summed E-state index contributed by atoms with van der Waals surface area (Å²) in [5, 5.41) is 10.6. The Bertz CT molecular complexity index is 481. The number of rotatable bonds is 7. The predicted molar refractivity (Wildman–Crippen MR) is 70.2 cm³/mol. The zero-order valence-corrected chi connectivity index (χ0v) is 12.0. The Morgan fingerprint density at radius 3 is 2.67 bits per heavy atom. The summed E-state index contributed by atoms with van der Waals surface area (Å²) in [5.74, 6) is -1.70. The molecule has 0 aromatic carbocycles. The van der Waals surface area contributed by atoms with Gasteiger partial charge >= 0.3 is 5.97 Å². The van der Waals surface area contributed by atoms with Crippen molar-refractivity contribution in [3.05, 3.63) is 17.5 Å². The van der Waals surface area contributed by atoms with E-state index in [1.807, 2.05) is 6.92 Å². The fourth-order valence-electron chi connectivity index (χ4n) is 1.48. The number of carbonyl (C=O) groups is 1. The van der Waals surface area contributed by atoms with Crippen LogP contribution in [0.1, 0.15) is 20.3 Å². The van der Waals surface area contributed by atoms with Crippen LogP contribution in [0.3, 0.4) is 0 Å². The topological polar surface area (TPSA) is 74.7 Å². The number of carboxylic acids is 1. The van der Waals surface area contributed by atoms with Gasteiger partial charge in [-0.1, -0.05) is 19.9 Å². The van der Waals surface area contributed by atoms with E-state index in [1.165, 1.54) is 17.3 Å². The lowest BCUT2D eigenvalue weighted by molar-refractivity contribution is -0.141. The summed E-state index contributed by atoms with van der Waals surface area (Å²) in [6.07, 6.45) is 0.650. The molecule has 1 unspecified atom stereocenters. The largest absolute Gasteiger partial charge is 0.481 e. The highest BCUT2D eigenvalue weighted by molar-refractivity contribution is 7.91. The van der Waals surface area contributed by atoms with Gasteiger partial charge in [0.15, 0.2) is 0 Å². The number of nitrogens with zero attached hydrogens (tertiary/aromatic N) is 1. The highest BCUT2D eigenvalue weighted by Gasteiger charge is 2.27. The quantitative estimate of drug-likeness (QED) is 0.832. The average molecular weight is 291 g/mol. The van der Waals surface area contributed by atoms with Crippen LogP contribution in [0.15, 0.2) is 21.7 Å². The van der Waals surface area contributed by atoms with Crippen LogP contribution in [-0.2, 0) is 14.8 Å². The molecule has 1 aromatic rings. The maximum atomic E-state index is 12.3. The molecule has 18 heavy (non-hydrogen) atoms. The molecule has 102 valence electrons. The number of hydrogen-bond donors (Lipinski definition) is 1. The van der Waals surface area contributed by atoms with Crippen LogP contribution in [0.4, 0.5) is 0 Å². The standard InChI is InChI=1S/C11H17NO4S2/c1-3-6-12(8-9(2)11(13)14)18(15,16)10-5-4-7-17-10/h4-5,7,9H,3,6,8H2,1-2H3,(H,13,14). The molecule has 1 rings (SSSR count). The van der Waals surface area contributed by atoms with E-state index in [0.717, 1.165) is 11.3 Å². The molecule has 1 aromatic heterocycles. The fraction of sp³-hybridized carbons (Fsp3) is 0.545. The molecule has 0 amide bonds. The molecule has 0 radical (unpaired) electrons. The van der Waals surface area contributed by atoms with Gasteiger partial charge in [0.1, 0.15) is 4.21 Å². The van der Waals surface area contributed by atoms with Crippen molar-refractivity contribution in [2.45, 2.75) is 24.5 Å². The third-order valence-electron chi connectivity index (χ3n) is 2.46. The molecule has 1 N–H and O–H groups in total. The van der Waals surface area contributed by atoms with Crippen LogP contribution in [-0.4, -0.2) is 36.9 Å². The van der Waals surface area contributed by atoms with Crippen molar-refractivity contribution in [2.24, 2.45) is 5.92 Å². The number of hydrogen-bond acceptors (Lipinski definition) is 4. The van der Waals surface area contributed by atoms with E-state index in [4.69, 9.17) is 5.11 Å². The van der Waals surface area contributed by atoms with Crippen molar-refractivity contribution in [1.82, 2.24) is 4.31 Å². The van der Waals surface area contributed by atoms with E-state index in [9.17, 15) is 13.2 Å². The smallest absolute Gasteiger partial charge is 0.307 e. The van der Waals surface area contributed by atoms with Gasteiger partial charge in [-0.15, -0.1) is 11.3 Å². The zero-order chi connectivity index (χ0) is 13.8. The van der Waals surface area contributed by atoms with Crippen molar-refractivity contribution in [1.29, 1.82) is 0 Å². The second-order valence-corrected chi connectivity index (χ2v) is 7.15. The van der Waals surface area contributed by atoms with Crippen molar-refractivity contribution < 1.29 is 18.3 Å². The minimum atomic E-state index is -3.56. The number of sulfonamides is 1. The molecule has 0 aliphatic carbocycles. The summed E-state index contributed by atoms with van der Waals surface area (Å²) >= 11 is 1.14. The van der Waals surface area contributed by atoms with Crippen molar-refractivity contribution >= 4 is 27.3 Å². The summed E-state index contributed by atoms with van der Waals surface area (Å²) in [6.45, 7) is 3.71. The molecule has 0 spiro atoms. The lowest BCUT2D eigenvalue weighted by atomic mass is 10.2. The SMILES string of the molecule is CCCN(CC(C)C(=O)O)S(=O)(=O)c1cccs1. The predicted octanol–water partition coefficient (Wildman–Crippen LogP) is 1.87. The maximum Gasteiger partial charge on any atom is 0.307 e. The first-order chi connectivity index (χ1) is 8.39. The van der Waals surface area contributed by atoms with E-state index in [2.05, 4.69) is 0 Å². The van der Waals surface area contributed by atoms with E-state index in [-0.39, 0.29) is 10.8 Å². The first-order valence-corrected chi connectivity index (χ1v) is 7.98. The Labute approximate surface area is 111 Å². The molecule has 0 bridgehead atoms. The summed E-state index contributed by atoms with van der Waals surface area (Å²) < 4.78 is 26.1. The first kappa shape index (κ1) is 15.1. The van der Waals surface area contributed by atoms with E-state index >= 15 is 0 Å². The molecular formula is C11H17NO4S2. The normalized spacial score (nSPS) is 13.7. The summed E-state index contributed by atoms with van der Waals surface area (Å²) in [5.41, 5.74) is 0. The van der Waals surface area contributed by atoms with Gasteiger partial charge in [0.2, 0.25) is 0 Å². The summed E-state index contributed by atoms with van der Waals surface area (Å²) in [4.78, 5) is 10.8. The van der Waals surface area contributed by atoms with Gasteiger partial charge in [0.05, 0.1) is 5.92 Å². The van der Waals surface area contributed by atoms with E-state index < -0.39 is 21.9 Å². The van der Waals surface area contributed by atoms with Crippen molar-refractivity contribution in [3.63, 3.8) is 0 Å². The molecule has 7 heteroatoms. The van der Waals surface area contributed by atoms with E-state index in [1.54, 1.807) is 11.4 Å². The summed E-state index contributed by atoms with van der Waals surface area (Å²) in [7, 11) is -3.56. The lowest BCUT2D eigenvalue weighted by Gasteiger charge is -2.22. The van der Waals surface area contributed by atoms with E-state index in [0.29, 0.717) is 13.0 Å². The van der Waals surface area contributed by atoms with Gasteiger partial charge in [-0.3, -0.25) is 4.79 Å². The second kappa shape index (κ2) is 6.31. The van der Waals surface area contributed by atoms with Gasteiger partial charge in [0.25, 0.3) is 10.0 Å². The fourth-order valence-corrected chi connectivity index (χ4v) is 4.25. The minimum Gasteiger partial charge on any atom is -0.481 e. The van der Waals surface area contributed by atoms with Crippen LogP contribution in [0.2, 0.25) is 0 Å². The van der Waals surface area contributed by atoms with Crippen molar-refractivity contribution in [2.75, 3.05) is 13.1 Å². The Balaban J connectivity index is 2.95. The molecule has 1 atom stereocenters. The molecule has 0 saturated carbocycles. The van der Waals surface area contributed by atoms with Crippen LogP contribution in [0.5, 0.6) is 0 Å². The average Bonchev–Trinajstić information content (AvgIpc) is 2.82. The van der Waals surface area contributed by atoms with Gasteiger partial charge in [-0.25, -0.2) is 8.42 Å². The Hall–Kier alpha value is -0.920. The summed E-state index contributed by atoms with van der Waals surface area (Å²) in [6, 6.07) is 3.20. The molecule has 0 aliphatic rings. The highest BCUT2D eigenvalue weighted by Crippen LogP contribution is 2.22. The Kier molecular flexibility index (Phi) is 5.30. The first-order valence-electron chi connectivity index (χ1n) is 5.66. The van der Waals surface area contributed by atoms with Crippen LogP contribution >= 0.6 is 11.3 Å².